The van der Waals surface area contributed by atoms with Crippen LogP contribution in [-0.4, -0.2) is 45.9 Å². The average molecular weight is 393 g/mol. The number of esters is 1. The van der Waals surface area contributed by atoms with E-state index in [2.05, 4.69) is 35.8 Å². The van der Waals surface area contributed by atoms with Crippen LogP contribution in [0.5, 0.6) is 0 Å². The van der Waals surface area contributed by atoms with Crippen LogP contribution < -0.4 is 5.32 Å². The summed E-state index contributed by atoms with van der Waals surface area (Å²) in [5.74, 6) is 0.563. The minimum atomic E-state index is -0.373. The molecular formula is C19H25ClN4O3. The van der Waals surface area contributed by atoms with E-state index >= 15 is 0 Å². The smallest absolute Gasteiger partial charge is 0.303 e. The van der Waals surface area contributed by atoms with Gasteiger partial charge >= 0.3 is 5.97 Å². The number of ether oxygens (including phenoxy) is 2. The third kappa shape index (κ3) is 4.25. The van der Waals surface area contributed by atoms with Crippen LogP contribution in [0.2, 0.25) is 5.02 Å². The Bertz CT molecular complexity index is 849. The van der Waals surface area contributed by atoms with E-state index in [0.717, 1.165) is 23.2 Å². The van der Waals surface area contributed by atoms with Crippen LogP contribution in [0.25, 0.3) is 11.6 Å². The highest BCUT2D eigenvalue weighted by Crippen LogP contribution is 2.30. The Kier molecular flexibility index (Phi) is 6.01. The fourth-order valence-electron chi connectivity index (χ4n) is 3.31. The molecule has 0 radical (unpaired) electrons. The lowest BCUT2D eigenvalue weighted by atomic mass is 10.1. The fraction of sp³-hybridized carbons (Fsp3) is 0.526. The van der Waals surface area contributed by atoms with Crippen molar-refractivity contribution < 1.29 is 14.3 Å². The topological polar surface area (TPSA) is 77.8 Å². The molecule has 0 unspecified atom stereocenters. The summed E-state index contributed by atoms with van der Waals surface area (Å²) in [6.45, 7) is 10.5. The van der Waals surface area contributed by atoms with Gasteiger partial charge in [0, 0.05) is 19.1 Å². The van der Waals surface area contributed by atoms with Gasteiger partial charge in [0.15, 0.2) is 0 Å². The molecule has 1 fully saturated rings. The van der Waals surface area contributed by atoms with Gasteiger partial charge in [-0.25, -0.2) is 9.50 Å². The predicted octanol–water partition coefficient (Wildman–Crippen LogP) is 3.36. The summed E-state index contributed by atoms with van der Waals surface area (Å²) in [6.07, 6.45) is 4.61. The first-order chi connectivity index (χ1) is 12.9. The van der Waals surface area contributed by atoms with Crippen LogP contribution in [-0.2, 0) is 20.7 Å². The first kappa shape index (κ1) is 19.6. The number of nitrogens with zero attached hydrogens (tertiary/aromatic N) is 3. The lowest BCUT2D eigenvalue weighted by Gasteiger charge is -2.31. The molecule has 0 spiro atoms. The third-order valence-corrected chi connectivity index (χ3v) is 4.90. The van der Waals surface area contributed by atoms with Crippen LogP contribution in [0.1, 0.15) is 38.4 Å². The number of halogens is 1. The van der Waals surface area contributed by atoms with Gasteiger partial charge in [0.25, 0.3) is 0 Å². The highest BCUT2D eigenvalue weighted by Gasteiger charge is 2.29. The number of aromatic nitrogens is 3. The van der Waals surface area contributed by atoms with Gasteiger partial charge in [0.05, 0.1) is 29.6 Å². The number of hydrogen-bond donors (Lipinski definition) is 1. The van der Waals surface area contributed by atoms with Gasteiger partial charge in [0.1, 0.15) is 11.6 Å². The van der Waals surface area contributed by atoms with Crippen molar-refractivity contribution in [1.29, 1.82) is 0 Å². The van der Waals surface area contributed by atoms with Gasteiger partial charge in [-0.15, -0.1) is 5.10 Å². The molecule has 1 aliphatic rings. The Hall–Kier alpha value is -2.12. The summed E-state index contributed by atoms with van der Waals surface area (Å²) in [4.78, 5) is 15.7. The van der Waals surface area contributed by atoms with Crippen LogP contribution in [0.15, 0.2) is 12.8 Å². The van der Waals surface area contributed by atoms with Gasteiger partial charge < -0.3 is 14.8 Å². The number of nitrogens with one attached hydrogen (secondary N) is 1. The van der Waals surface area contributed by atoms with E-state index in [4.69, 9.17) is 21.1 Å². The minimum absolute atomic E-state index is 0.112. The van der Waals surface area contributed by atoms with Gasteiger partial charge in [-0.05, 0) is 18.8 Å². The largest absolute Gasteiger partial charge is 0.458 e. The molecule has 0 amide bonds. The van der Waals surface area contributed by atoms with E-state index in [1.54, 1.807) is 12.3 Å². The molecule has 0 bridgehead atoms. The summed E-state index contributed by atoms with van der Waals surface area (Å²) in [7, 11) is 0. The summed E-state index contributed by atoms with van der Waals surface area (Å²) in [5.41, 5.74) is 2.64. The molecule has 8 heteroatoms. The molecule has 0 aliphatic carbocycles. The van der Waals surface area contributed by atoms with E-state index in [1.165, 1.54) is 6.92 Å². The Balaban J connectivity index is 1.93. The van der Waals surface area contributed by atoms with E-state index in [0.29, 0.717) is 36.5 Å². The molecular weight excluding hydrogens is 368 g/mol. The van der Waals surface area contributed by atoms with E-state index in [1.807, 2.05) is 4.52 Å². The monoisotopic (exact) mass is 392 g/mol. The molecule has 1 N–H and O–H groups in total. The lowest BCUT2D eigenvalue weighted by molar-refractivity contribution is -0.153. The molecule has 7 nitrogen and oxygen atoms in total. The standard InChI is InChI=1S/C19H25ClN4O3/c1-5-13-15(8-11(2)3)24-16(18(13)20)9-21-19(23-24)22-14-6-7-26-10-17(14)27-12(4)25/h5,9,11,14,17H,1,6-8,10H2,2-4H3,(H,22,23)/t14-,17-/m1/s1. The second-order valence-electron chi connectivity index (χ2n) is 7.12. The Labute approximate surface area is 163 Å². The van der Waals surface area contributed by atoms with Gasteiger partial charge in [-0.3, -0.25) is 4.79 Å². The predicted molar refractivity (Wildman–Crippen MR) is 105 cm³/mol. The van der Waals surface area contributed by atoms with E-state index in [-0.39, 0.29) is 18.1 Å². The van der Waals surface area contributed by atoms with Gasteiger partial charge in [-0.2, -0.15) is 0 Å². The summed E-state index contributed by atoms with van der Waals surface area (Å²) in [6, 6.07) is -0.112. The molecule has 2 atom stereocenters. The summed E-state index contributed by atoms with van der Waals surface area (Å²) >= 11 is 6.50. The zero-order valence-corrected chi connectivity index (χ0v) is 16.6. The fourth-order valence-corrected chi connectivity index (χ4v) is 3.63. The number of rotatable bonds is 6. The molecule has 27 heavy (non-hydrogen) atoms. The number of carbonyl (C=O) groups is 1. The first-order valence-corrected chi connectivity index (χ1v) is 9.48. The van der Waals surface area contributed by atoms with Crippen LogP contribution in [0.4, 0.5) is 5.95 Å². The molecule has 2 aromatic rings. The maximum Gasteiger partial charge on any atom is 0.303 e. The van der Waals surface area contributed by atoms with Gasteiger partial charge in [0.2, 0.25) is 5.95 Å². The van der Waals surface area contributed by atoms with Crippen molar-refractivity contribution in [3.05, 3.63) is 29.1 Å². The van der Waals surface area contributed by atoms with E-state index < -0.39 is 0 Å². The van der Waals surface area contributed by atoms with Crippen LogP contribution >= 0.6 is 11.6 Å². The van der Waals surface area contributed by atoms with Crippen LogP contribution in [0, 0.1) is 5.92 Å². The summed E-state index contributed by atoms with van der Waals surface area (Å²) < 4.78 is 12.6. The Morgan fingerprint density at radius 3 is 3.04 bits per heavy atom. The number of hydrogen-bond acceptors (Lipinski definition) is 6. The van der Waals surface area contributed by atoms with Crippen molar-refractivity contribution in [3.63, 3.8) is 0 Å². The minimum Gasteiger partial charge on any atom is -0.458 e. The third-order valence-electron chi connectivity index (χ3n) is 4.50. The first-order valence-electron chi connectivity index (χ1n) is 9.10. The molecule has 3 rings (SSSR count). The quantitative estimate of drug-likeness (QED) is 0.759. The highest BCUT2D eigenvalue weighted by atomic mass is 35.5. The van der Waals surface area contributed by atoms with E-state index in [9.17, 15) is 4.79 Å². The van der Waals surface area contributed by atoms with Crippen molar-refractivity contribution >= 4 is 35.1 Å². The molecule has 1 saturated heterocycles. The molecule has 3 heterocycles. The Morgan fingerprint density at radius 2 is 2.37 bits per heavy atom. The van der Waals surface area contributed by atoms with Crippen molar-refractivity contribution in [3.8, 4) is 0 Å². The van der Waals surface area contributed by atoms with Crippen molar-refractivity contribution in [2.24, 2.45) is 5.92 Å². The SMILES string of the molecule is C=Cc1c(Cl)c2cnc(N[C@@H]3CCOC[C@H]3OC(C)=O)nn2c1CC(C)C. The number of carbonyl (C=O) groups excluding carboxylic acids is 1. The zero-order chi connectivity index (χ0) is 19.6. The normalized spacial score (nSPS) is 20.0. The molecule has 2 aromatic heterocycles. The average Bonchev–Trinajstić information content (AvgIpc) is 2.87. The van der Waals surface area contributed by atoms with Crippen molar-refractivity contribution in [1.82, 2.24) is 14.6 Å². The second-order valence-corrected chi connectivity index (χ2v) is 7.50. The maximum absolute atomic E-state index is 11.3. The highest BCUT2D eigenvalue weighted by molar-refractivity contribution is 6.35. The number of anilines is 1. The molecule has 0 aromatic carbocycles. The summed E-state index contributed by atoms with van der Waals surface area (Å²) in [5, 5.41) is 8.54. The maximum atomic E-state index is 11.3. The lowest BCUT2D eigenvalue weighted by Crippen LogP contribution is -2.44. The molecule has 0 saturated carbocycles. The second kappa shape index (κ2) is 8.27. The van der Waals surface area contributed by atoms with Gasteiger partial charge in [-0.1, -0.05) is 38.1 Å². The van der Waals surface area contributed by atoms with Crippen molar-refractivity contribution in [2.75, 3.05) is 18.5 Å². The Morgan fingerprint density at radius 1 is 1.59 bits per heavy atom. The van der Waals surface area contributed by atoms with Crippen LogP contribution in [0.3, 0.4) is 0 Å². The zero-order valence-electron chi connectivity index (χ0n) is 15.9. The number of fused-ring (bicyclic) bond motifs is 1. The van der Waals surface area contributed by atoms with Crippen molar-refractivity contribution in [2.45, 2.75) is 45.8 Å². The molecule has 1 aliphatic heterocycles. The molecule has 146 valence electrons.